The number of ether oxygens (including phenoxy) is 1. The van der Waals surface area contributed by atoms with Gasteiger partial charge in [-0.2, -0.15) is 0 Å². The molecule has 0 aliphatic rings. The number of methoxy groups -OCH3 is 1. The van der Waals surface area contributed by atoms with Gasteiger partial charge in [-0.3, -0.25) is 10.1 Å². The second-order valence-corrected chi connectivity index (χ2v) is 5.79. The Balaban J connectivity index is 2.86. The van der Waals surface area contributed by atoms with E-state index >= 15 is 0 Å². The zero-order chi connectivity index (χ0) is 14.6. The molecule has 0 aliphatic heterocycles. The van der Waals surface area contributed by atoms with Gasteiger partial charge in [0.25, 0.3) is 5.69 Å². The first-order chi connectivity index (χ1) is 8.75. The molecule has 19 heavy (non-hydrogen) atoms. The maximum Gasteiger partial charge on any atom is 0.296 e. The first-order valence-electron chi connectivity index (χ1n) is 6.32. The van der Waals surface area contributed by atoms with Gasteiger partial charge in [0.05, 0.1) is 18.1 Å². The third-order valence-electron chi connectivity index (χ3n) is 3.48. The molecule has 0 aliphatic carbocycles. The van der Waals surface area contributed by atoms with Crippen LogP contribution in [0.5, 0.6) is 5.75 Å². The predicted octanol–water partition coefficient (Wildman–Crippen LogP) is 3.70. The van der Waals surface area contributed by atoms with E-state index in [4.69, 9.17) is 4.74 Å². The van der Waals surface area contributed by atoms with E-state index in [2.05, 4.69) is 33.0 Å². The van der Waals surface area contributed by atoms with Crippen LogP contribution in [0.25, 0.3) is 0 Å². The lowest BCUT2D eigenvalue weighted by atomic mass is 9.82. The topological polar surface area (TPSA) is 64.4 Å². The van der Waals surface area contributed by atoms with Gasteiger partial charge in [0, 0.05) is 6.54 Å². The average molecular weight is 266 g/mol. The van der Waals surface area contributed by atoms with Crippen LogP contribution in [-0.4, -0.2) is 18.6 Å². The number of hydrogen-bond donors (Lipinski definition) is 1. The van der Waals surface area contributed by atoms with Gasteiger partial charge in [-0.05, 0) is 23.5 Å². The molecule has 0 radical (unpaired) electrons. The SMILES string of the molecule is COc1ccc(NCC(C)C(C)(C)C)c([N+](=O)[O-])c1. The second-order valence-electron chi connectivity index (χ2n) is 5.79. The molecule has 0 saturated heterocycles. The number of rotatable bonds is 5. The molecule has 0 spiro atoms. The Hall–Kier alpha value is -1.78. The van der Waals surface area contributed by atoms with E-state index in [1.54, 1.807) is 12.1 Å². The van der Waals surface area contributed by atoms with Crippen molar-refractivity contribution in [3.05, 3.63) is 28.3 Å². The Morgan fingerprint density at radius 3 is 2.53 bits per heavy atom. The standard InChI is InChI=1S/C14H22N2O3/c1-10(14(2,3)4)9-15-12-7-6-11(19-5)8-13(12)16(17)18/h6-8,10,15H,9H2,1-5H3. The van der Waals surface area contributed by atoms with Crippen LogP contribution in [0.4, 0.5) is 11.4 Å². The highest BCUT2D eigenvalue weighted by Gasteiger charge is 2.21. The number of nitrogens with one attached hydrogen (secondary N) is 1. The van der Waals surface area contributed by atoms with Crippen LogP contribution in [0.3, 0.4) is 0 Å². The van der Waals surface area contributed by atoms with E-state index in [-0.39, 0.29) is 11.1 Å². The molecule has 0 amide bonds. The molecular weight excluding hydrogens is 244 g/mol. The molecule has 1 rings (SSSR count). The molecule has 1 atom stereocenters. The zero-order valence-corrected chi connectivity index (χ0v) is 12.2. The number of nitrogens with zero attached hydrogens (tertiary/aromatic N) is 1. The summed E-state index contributed by atoms with van der Waals surface area (Å²) in [5.41, 5.74) is 0.733. The Bertz CT molecular complexity index is 452. The molecule has 0 saturated carbocycles. The summed E-state index contributed by atoms with van der Waals surface area (Å²) in [7, 11) is 1.49. The molecule has 5 nitrogen and oxygen atoms in total. The van der Waals surface area contributed by atoms with E-state index in [0.29, 0.717) is 23.9 Å². The van der Waals surface area contributed by atoms with Gasteiger partial charge in [-0.25, -0.2) is 0 Å². The lowest BCUT2D eigenvalue weighted by Gasteiger charge is -2.27. The van der Waals surface area contributed by atoms with Crippen molar-refractivity contribution >= 4 is 11.4 Å². The summed E-state index contributed by atoms with van der Waals surface area (Å²) in [6.07, 6.45) is 0. The lowest BCUT2D eigenvalue weighted by molar-refractivity contribution is -0.384. The van der Waals surface area contributed by atoms with Crippen molar-refractivity contribution in [2.24, 2.45) is 11.3 Å². The summed E-state index contributed by atoms with van der Waals surface area (Å²) in [5, 5.41) is 14.2. The van der Waals surface area contributed by atoms with Crippen LogP contribution in [-0.2, 0) is 0 Å². The summed E-state index contributed by atoms with van der Waals surface area (Å²) in [6, 6.07) is 4.84. The second kappa shape index (κ2) is 5.91. The molecule has 1 aromatic rings. The van der Waals surface area contributed by atoms with E-state index < -0.39 is 4.92 Å². The van der Waals surface area contributed by atoms with Gasteiger partial charge in [0.2, 0.25) is 0 Å². The van der Waals surface area contributed by atoms with Crippen molar-refractivity contribution in [3.8, 4) is 5.75 Å². The maximum atomic E-state index is 11.0. The number of nitro benzene ring substituents is 1. The summed E-state index contributed by atoms with van der Waals surface area (Å²) in [5.74, 6) is 0.885. The summed E-state index contributed by atoms with van der Waals surface area (Å²) >= 11 is 0. The molecule has 1 aromatic carbocycles. The largest absolute Gasteiger partial charge is 0.496 e. The molecule has 1 N–H and O–H groups in total. The smallest absolute Gasteiger partial charge is 0.296 e. The Morgan fingerprint density at radius 2 is 2.05 bits per heavy atom. The fourth-order valence-electron chi connectivity index (χ4n) is 1.51. The van der Waals surface area contributed by atoms with Crippen molar-refractivity contribution in [2.45, 2.75) is 27.7 Å². The lowest BCUT2D eigenvalue weighted by Crippen LogP contribution is -2.25. The van der Waals surface area contributed by atoms with Crippen LogP contribution < -0.4 is 10.1 Å². The highest BCUT2D eigenvalue weighted by atomic mass is 16.6. The summed E-state index contributed by atoms with van der Waals surface area (Å²) in [6.45, 7) is 9.28. The van der Waals surface area contributed by atoms with Crippen molar-refractivity contribution in [2.75, 3.05) is 19.0 Å². The molecule has 0 heterocycles. The zero-order valence-electron chi connectivity index (χ0n) is 12.2. The third kappa shape index (κ3) is 4.12. The number of nitro groups is 1. The Labute approximate surface area is 114 Å². The van der Waals surface area contributed by atoms with E-state index in [1.807, 2.05) is 0 Å². The number of hydrogen-bond acceptors (Lipinski definition) is 4. The van der Waals surface area contributed by atoms with Crippen LogP contribution in [0.2, 0.25) is 0 Å². The molecule has 106 valence electrons. The van der Waals surface area contributed by atoms with Gasteiger partial charge >= 0.3 is 0 Å². The highest BCUT2D eigenvalue weighted by Crippen LogP contribution is 2.31. The normalized spacial score (nSPS) is 12.9. The van der Waals surface area contributed by atoms with Crippen molar-refractivity contribution in [1.82, 2.24) is 0 Å². The third-order valence-corrected chi connectivity index (χ3v) is 3.48. The van der Waals surface area contributed by atoms with E-state index in [9.17, 15) is 10.1 Å². The van der Waals surface area contributed by atoms with Gasteiger partial charge in [-0.15, -0.1) is 0 Å². The predicted molar refractivity (Wildman–Crippen MR) is 76.8 cm³/mol. The van der Waals surface area contributed by atoms with Crippen LogP contribution >= 0.6 is 0 Å². The summed E-state index contributed by atoms with van der Waals surface area (Å²) < 4.78 is 5.01. The van der Waals surface area contributed by atoms with Crippen LogP contribution in [0.15, 0.2) is 18.2 Å². The van der Waals surface area contributed by atoms with E-state index in [0.717, 1.165) is 0 Å². The average Bonchev–Trinajstić information content (AvgIpc) is 2.34. The van der Waals surface area contributed by atoms with E-state index in [1.165, 1.54) is 13.2 Å². The van der Waals surface area contributed by atoms with Crippen molar-refractivity contribution < 1.29 is 9.66 Å². The number of anilines is 1. The van der Waals surface area contributed by atoms with Crippen molar-refractivity contribution in [1.29, 1.82) is 0 Å². The van der Waals surface area contributed by atoms with Gasteiger partial charge < -0.3 is 10.1 Å². The van der Waals surface area contributed by atoms with Gasteiger partial charge in [0.1, 0.15) is 11.4 Å². The molecule has 5 heteroatoms. The van der Waals surface area contributed by atoms with Gasteiger partial charge in [-0.1, -0.05) is 27.7 Å². The minimum absolute atomic E-state index is 0.0421. The quantitative estimate of drug-likeness (QED) is 0.652. The number of benzene rings is 1. The van der Waals surface area contributed by atoms with Crippen LogP contribution in [0.1, 0.15) is 27.7 Å². The molecule has 1 unspecified atom stereocenters. The maximum absolute atomic E-state index is 11.0. The molecule has 0 aromatic heterocycles. The first kappa shape index (κ1) is 15.3. The fraction of sp³-hybridized carbons (Fsp3) is 0.571. The highest BCUT2D eigenvalue weighted by molar-refractivity contribution is 5.63. The Kier molecular flexibility index (Phi) is 4.75. The van der Waals surface area contributed by atoms with Gasteiger partial charge in [0.15, 0.2) is 0 Å². The molecular formula is C14H22N2O3. The molecule has 0 bridgehead atoms. The van der Waals surface area contributed by atoms with Crippen molar-refractivity contribution in [3.63, 3.8) is 0 Å². The molecule has 0 fully saturated rings. The summed E-state index contributed by atoms with van der Waals surface area (Å²) in [4.78, 5) is 10.6. The monoisotopic (exact) mass is 266 g/mol. The fourth-order valence-corrected chi connectivity index (χ4v) is 1.51. The minimum Gasteiger partial charge on any atom is -0.496 e. The Morgan fingerprint density at radius 1 is 1.42 bits per heavy atom. The first-order valence-corrected chi connectivity index (χ1v) is 6.32. The minimum atomic E-state index is -0.396. The van der Waals surface area contributed by atoms with Crippen LogP contribution in [0, 0.1) is 21.4 Å².